The second-order valence-corrected chi connectivity index (χ2v) is 5.51. The number of aromatic nitrogens is 1. The van der Waals surface area contributed by atoms with Crippen molar-refractivity contribution in [3.63, 3.8) is 0 Å². The normalized spacial score (nSPS) is 18.2. The molecule has 22 heavy (non-hydrogen) atoms. The Bertz CT molecular complexity index is 642. The Morgan fingerprint density at radius 2 is 2.14 bits per heavy atom. The number of benzene rings is 1. The third kappa shape index (κ3) is 2.88. The van der Waals surface area contributed by atoms with Crippen LogP contribution in [0.1, 0.15) is 29.6 Å². The van der Waals surface area contributed by atoms with Gasteiger partial charge in [-0.3, -0.25) is 9.78 Å². The van der Waals surface area contributed by atoms with E-state index in [2.05, 4.69) is 16.5 Å². The number of amides is 1. The number of carbonyl (C=O) groups is 1. The fourth-order valence-electron chi connectivity index (χ4n) is 3.01. The molecule has 0 saturated carbocycles. The maximum Gasteiger partial charge on any atom is 0.255 e. The standard InChI is InChI=1S/C18H20N3O/c1-19-17-10-4-5-12-21(17)18(22)16-9-3-2-8-15(16)14-7-6-11-20-13-14/h2-3,6-9,11,17,19H,4-5,10,12H2,1H3. The number of carbonyl (C=O) groups excluding carboxylic acids is 1. The number of hydrogen-bond donors (Lipinski definition) is 1. The molecule has 1 saturated heterocycles. The van der Waals surface area contributed by atoms with Gasteiger partial charge in [0.25, 0.3) is 5.91 Å². The predicted molar refractivity (Wildman–Crippen MR) is 86.2 cm³/mol. The monoisotopic (exact) mass is 294 g/mol. The summed E-state index contributed by atoms with van der Waals surface area (Å²) in [5.41, 5.74) is 2.46. The molecular formula is C18H20N3O. The number of hydrogen-bond acceptors (Lipinski definition) is 3. The second kappa shape index (κ2) is 6.71. The molecule has 1 unspecified atom stereocenters. The summed E-state index contributed by atoms with van der Waals surface area (Å²) in [6.07, 6.45) is 8.00. The Hall–Kier alpha value is -2.20. The summed E-state index contributed by atoms with van der Waals surface area (Å²) in [7, 11) is 1.91. The summed E-state index contributed by atoms with van der Waals surface area (Å²) in [6.45, 7) is 0.801. The average Bonchev–Trinajstić information content (AvgIpc) is 2.62. The van der Waals surface area contributed by atoms with Crippen LogP contribution >= 0.6 is 0 Å². The highest BCUT2D eigenvalue weighted by Gasteiger charge is 2.27. The van der Waals surface area contributed by atoms with Crippen LogP contribution < -0.4 is 5.32 Å². The van der Waals surface area contributed by atoms with E-state index in [-0.39, 0.29) is 12.1 Å². The fraction of sp³-hybridized carbons (Fsp3) is 0.333. The van der Waals surface area contributed by atoms with Crippen molar-refractivity contribution in [1.29, 1.82) is 0 Å². The molecule has 0 spiro atoms. The van der Waals surface area contributed by atoms with Crippen molar-refractivity contribution < 1.29 is 4.79 Å². The zero-order valence-electron chi connectivity index (χ0n) is 12.7. The molecule has 1 aliphatic rings. The Labute approximate surface area is 131 Å². The lowest BCUT2D eigenvalue weighted by molar-refractivity contribution is 0.0576. The third-order valence-corrected chi connectivity index (χ3v) is 4.15. The molecule has 1 atom stereocenters. The van der Waals surface area contributed by atoms with Gasteiger partial charge >= 0.3 is 0 Å². The number of pyridine rings is 1. The largest absolute Gasteiger partial charge is 0.323 e. The highest BCUT2D eigenvalue weighted by atomic mass is 16.2. The van der Waals surface area contributed by atoms with Crippen molar-refractivity contribution >= 4 is 5.91 Å². The first-order valence-electron chi connectivity index (χ1n) is 7.71. The summed E-state index contributed by atoms with van der Waals surface area (Å²) in [4.78, 5) is 19.0. The van der Waals surface area contributed by atoms with Gasteiger partial charge in [0.2, 0.25) is 0 Å². The molecule has 0 bridgehead atoms. The molecule has 113 valence electrons. The summed E-state index contributed by atoms with van der Waals surface area (Å²) in [6, 6.07) is 11.5. The van der Waals surface area contributed by atoms with Crippen LogP contribution in [0.15, 0.2) is 42.6 Å². The van der Waals surface area contributed by atoms with Crippen LogP contribution in [-0.4, -0.2) is 35.5 Å². The molecule has 3 rings (SSSR count). The summed E-state index contributed by atoms with van der Waals surface area (Å²) < 4.78 is 0. The van der Waals surface area contributed by atoms with E-state index in [1.165, 1.54) is 0 Å². The van der Waals surface area contributed by atoms with Crippen LogP contribution in [0.3, 0.4) is 0 Å². The molecule has 1 aromatic carbocycles. The van der Waals surface area contributed by atoms with E-state index in [1.807, 2.05) is 48.3 Å². The Morgan fingerprint density at radius 1 is 1.27 bits per heavy atom. The minimum Gasteiger partial charge on any atom is -0.323 e. The van der Waals surface area contributed by atoms with Gasteiger partial charge in [-0.25, -0.2) is 0 Å². The van der Waals surface area contributed by atoms with Gasteiger partial charge in [-0.15, -0.1) is 0 Å². The van der Waals surface area contributed by atoms with E-state index < -0.39 is 0 Å². The maximum absolute atomic E-state index is 13.0. The van der Waals surface area contributed by atoms with Crippen LogP contribution in [0.2, 0.25) is 0 Å². The third-order valence-electron chi connectivity index (χ3n) is 4.15. The molecule has 1 fully saturated rings. The Kier molecular flexibility index (Phi) is 4.49. The number of likely N-dealkylation sites (tertiary alicyclic amines) is 1. The molecule has 1 N–H and O–H groups in total. The van der Waals surface area contributed by atoms with Crippen molar-refractivity contribution in [2.75, 3.05) is 13.6 Å². The van der Waals surface area contributed by atoms with E-state index in [4.69, 9.17) is 0 Å². The average molecular weight is 294 g/mol. The minimum atomic E-state index is 0.0758. The molecular weight excluding hydrogens is 274 g/mol. The summed E-state index contributed by atoms with van der Waals surface area (Å²) >= 11 is 0. The molecule has 2 heterocycles. The quantitative estimate of drug-likeness (QED) is 0.946. The SMILES string of the molecule is CNC1CCCCN1C(=O)c1ccccc1-c1[c]nccc1. The first kappa shape index (κ1) is 14.7. The first-order chi connectivity index (χ1) is 10.8. The van der Waals surface area contributed by atoms with Gasteiger partial charge in [-0.05, 0) is 44.0 Å². The number of nitrogens with one attached hydrogen (secondary N) is 1. The Morgan fingerprint density at radius 3 is 2.91 bits per heavy atom. The van der Waals surface area contributed by atoms with Crippen molar-refractivity contribution in [3.05, 3.63) is 54.4 Å². The van der Waals surface area contributed by atoms with Gasteiger partial charge in [0, 0.05) is 23.9 Å². The van der Waals surface area contributed by atoms with E-state index in [1.54, 1.807) is 6.20 Å². The van der Waals surface area contributed by atoms with Gasteiger partial charge < -0.3 is 10.2 Å². The lowest BCUT2D eigenvalue weighted by Gasteiger charge is -2.35. The highest BCUT2D eigenvalue weighted by molar-refractivity contribution is 6.01. The molecule has 1 radical (unpaired) electrons. The Balaban J connectivity index is 1.96. The highest BCUT2D eigenvalue weighted by Crippen LogP contribution is 2.26. The number of rotatable bonds is 3. The zero-order valence-corrected chi connectivity index (χ0v) is 12.7. The van der Waals surface area contributed by atoms with Crippen molar-refractivity contribution in [1.82, 2.24) is 15.2 Å². The minimum absolute atomic E-state index is 0.0758. The second-order valence-electron chi connectivity index (χ2n) is 5.51. The van der Waals surface area contributed by atoms with E-state index >= 15 is 0 Å². The summed E-state index contributed by atoms with van der Waals surface area (Å²) in [5, 5.41) is 3.25. The van der Waals surface area contributed by atoms with E-state index in [0.717, 1.165) is 36.9 Å². The fourth-order valence-corrected chi connectivity index (χ4v) is 3.01. The number of nitrogens with zero attached hydrogens (tertiary/aromatic N) is 2. The molecule has 1 amide bonds. The molecule has 4 nitrogen and oxygen atoms in total. The van der Waals surface area contributed by atoms with Gasteiger partial charge in [0.15, 0.2) is 0 Å². The van der Waals surface area contributed by atoms with E-state index in [9.17, 15) is 4.79 Å². The first-order valence-corrected chi connectivity index (χ1v) is 7.71. The number of piperidine rings is 1. The summed E-state index contributed by atoms with van der Waals surface area (Å²) in [5.74, 6) is 0.0758. The van der Waals surface area contributed by atoms with Crippen molar-refractivity contribution in [3.8, 4) is 11.1 Å². The predicted octanol–water partition coefficient (Wildman–Crippen LogP) is 2.72. The van der Waals surface area contributed by atoms with Gasteiger partial charge in [0.05, 0.1) is 12.4 Å². The lowest BCUT2D eigenvalue weighted by Crippen LogP contribution is -2.50. The van der Waals surface area contributed by atoms with Gasteiger partial charge in [-0.1, -0.05) is 24.3 Å². The molecule has 1 aromatic heterocycles. The van der Waals surface area contributed by atoms with Crippen LogP contribution in [0, 0.1) is 6.20 Å². The molecule has 1 aliphatic heterocycles. The van der Waals surface area contributed by atoms with Gasteiger partial charge in [-0.2, -0.15) is 0 Å². The lowest BCUT2D eigenvalue weighted by atomic mass is 9.98. The maximum atomic E-state index is 13.0. The topological polar surface area (TPSA) is 45.2 Å². The van der Waals surface area contributed by atoms with Crippen LogP contribution in [0.4, 0.5) is 0 Å². The molecule has 2 aromatic rings. The van der Waals surface area contributed by atoms with Gasteiger partial charge in [0.1, 0.15) is 0 Å². The van der Waals surface area contributed by atoms with Crippen LogP contribution in [-0.2, 0) is 0 Å². The van der Waals surface area contributed by atoms with Crippen molar-refractivity contribution in [2.24, 2.45) is 0 Å². The van der Waals surface area contributed by atoms with Crippen molar-refractivity contribution in [2.45, 2.75) is 25.4 Å². The zero-order chi connectivity index (χ0) is 15.4. The molecule has 4 heteroatoms. The van der Waals surface area contributed by atoms with E-state index in [0.29, 0.717) is 5.56 Å². The van der Waals surface area contributed by atoms with Crippen LogP contribution in [0.5, 0.6) is 0 Å². The van der Waals surface area contributed by atoms with Crippen LogP contribution in [0.25, 0.3) is 11.1 Å². The smallest absolute Gasteiger partial charge is 0.255 e. The molecule has 0 aliphatic carbocycles.